The summed E-state index contributed by atoms with van der Waals surface area (Å²) >= 11 is 0. The van der Waals surface area contributed by atoms with Crippen molar-refractivity contribution in [2.45, 2.75) is 13.8 Å². The van der Waals surface area contributed by atoms with Crippen LogP contribution in [-0.2, 0) is 4.79 Å². The van der Waals surface area contributed by atoms with Crippen LogP contribution in [0, 0.1) is 13.8 Å². The van der Waals surface area contributed by atoms with Gasteiger partial charge in [0.25, 0.3) is 5.78 Å². The monoisotopic (exact) mass is 251 g/mol. The third-order valence-corrected chi connectivity index (χ3v) is 3.33. The minimum Gasteiger partial charge on any atom is -0.283 e. The molecule has 0 radical (unpaired) electrons. The first-order valence-electron chi connectivity index (χ1n) is 6.14. The first-order chi connectivity index (χ1) is 9.08. The Morgan fingerprint density at radius 1 is 0.842 bits per heavy atom. The van der Waals surface area contributed by atoms with E-state index in [0.717, 1.165) is 16.8 Å². The van der Waals surface area contributed by atoms with E-state index in [2.05, 4.69) is 0 Å². The van der Waals surface area contributed by atoms with Crippen LogP contribution in [0.15, 0.2) is 42.5 Å². The lowest BCUT2D eigenvalue weighted by Gasteiger charge is -2.16. The number of aryl methyl sites for hydroxylation is 2. The van der Waals surface area contributed by atoms with Crippen molar-refractivity contribution in [1.82, 2.24) is 0 Å². The van der Waals surface area contributed by atoms with E-state index in [1.165, 1.54) is 4.90 Å². The maximum absolute atomic E-state index is 12.1. The Morgan fingerprint density at radius 3 is 2.16 bits per heavy atom. The summed E-state index contributed by atoms with van der Waals surface area (Å²) in [6.45, 7) is 3.89. The number of amides is 1. The highest BCUT2D eigenvalue weighted by molar-refractivity contribution is 6.53. The molecular weight excluding hydrogens is 238 g/mol. The van der Waals surface area contributed by atoms with Gasteiger partial charge in [0.15, 0.2) is 0 Å². The zero-order valence-electron chi connectivity index (χ0n) is 10.8. The number of carbonyl (C=O) groups is 2. The lowest BCUT2D eigenvalue weighted by Crippen LogP contribution is -2.24. The molecule has 0 N–H and O–H groups in total. The fourth-order valence-corrected chi connectivity index (χ4v) is 2.30. The topological polar surface area (TPSA) is 37.4 Å². The highest BCUT2D eigenvalue weighted by Crippen LogP contribution is 2.35. The van der Waals surface area contributed by atoms with Crippen LogP contribution in [0.1, 0.15) is 21.5 Å². The summed E-state index contributed by atoms with van der Waals surface area (Å²) in [4.78, 5) is 25.6. The second-order valence-corrected chi connectivity index (χ2v) is 4.83. The highest BCUT2D eigenvalue weighted by atomic mass is 16.2. The van der Waals surface area contributed by atoms with Gasteiger partial charge in [-0.15, -0.1) is 0 Å². The molecular formula is C16H13NO2. The van der Waals surface area contributed by atoms with Crippen LogP contribution in [0.25, 0.3) is 0 Å². The Kier molecular flexibility index (Phi) is 2.49. The van der Waals surface area contributed by atoms with E-state index in [4.69, 9.17) is 0 Å². The SMILES string of the molecule is Cc1ccc(N2C(=O)C(=O)c3cc(C)ccc32)cc1. The standard InChI is InChI=1S/C16H13NO2/c1-10-3-6-12(7-4-10)17-14-8-5-11(2)9-13(14)15(18)16(17)19/h3-9H,1-2H3. The number of nitrogens with zero attached hydrogens (tertiary/aromatic N) is 1. The van der Waals surface area contributed by atoms with Gasteiger partial charge in [0.05, 0.1) is 11.3 Å². The van der Waals surface area contributed by atoms with E-state index < -0.39 is 11.7 Å². The van der Waals surface area contributed by atoms with Crippen molar-refractivity contribution in [1.29, 1.82) is 0 Å². The van der Waals surface area contributed by atoms with Gasteiger partial charge in [0, 0.05) is 5.69 Å². The molecule has 19 heavy (non-hydrogen) atoms. The first kappa shape index (κ1) is 11.7. The van der Waals surface area contributed by atoms with Gasteiger partial charge < -0.3 is 0 Å². The van der Waals surface area contributed by atoms with E-state index in [1.807, 2.05) is 50.2 Å². The normalized spacial score (nSPS) is 13.9. The Balaban J connectivity index is 2.16. The number of ketones is 1. The summed E-state index contributed by atoms with van der Waals surface area (Å²) in [5.74, 6) is -0.913. The second-order valence-electron chi connectivity index (χ2n) is 4.83. The Morgan fingerprint density at radius 2 is 1.47 bits per heavy atom. The Bertz CT molecular complexity index is 686. The highest BCUT2D eigenvalue weighted by Gasteiger charge is 2.36. The number of rotatable bonds is 1. The second kappa shape index (κ2) is 4.05. The predicted octanol–water partition coefficient (Wildman–Crippen LogP) is 3.16. The summed E-state index contributed by atoms with van der Waals surface area (Å²) in [5, 5.41) is 0. The van der Waals surface area contributed by atoms with Crippen LogP contribution in [0.3, 0.4) is 0 Å². The first-order valence-corrected chi connectivity index (χ1v) is 6.14. The molecule has 0 atom stereocenters. The quantitative estimate of drug-likeness (QED) is 0.730. The molecule has 0 saturated heterocycles. The molecule has 3 rings (SSSR count). The predicted molar refractivity (Wildman–Crippen MR) is 73.8 cm³/mol. The molecule has 2 aromatic rings. The molecule has 1 aliphatic rings. The number of hydrogen-bond donors (Lipinski definition) is 0. The van der Waals surface area contributed by atoms with Crippen molar-refractivity contribution < 1.29 is 9.59 Å². The average Bonchev–Trinajstić information content (AvgIpc) is 2.64. The summed E-state index contributed by atoms with van der Waals surface area (Å²) < 4.78 is 0. The molecule has 1 heterocycles. The summed E-state index contributed by atoms with van der Waals surface area (Å²) in [6, 6.07) is 13.1. The molecule has 0 aromatic heterocycles. The van der Waals surface area contributed by atoms with Gasteiger partial charge >= 0.3 is 5.91 Å². The van der Waals surface area contributed by atoms with Crippen LogP contribution in [0.2, 0.25) is 0 Å². The van der Waals surface area contributed by atoms with Crippen LogP contribution < -0.4 is 4.90 Å². The zero-order valence-corrected chi connectivity index (χ0v) is 10.8. The maximum Gasteiger partial charge on any atom is 0.304 e. The maximum atomic E-state index is 12.1. The molecule has 1 amide bonds. The fraction of sp³-hybridized carbons (Fsp3) is 0.125. The summed E-state index contributed by atoms with van der Waals surface area (Å²) in [5.41, 5.74) is 3.98. The third kappa shape index (κ3) is 1.74. The van der Waals surface area contributed by atoms with Gasteiger partial charge in [-0.3, -0.25) is 14.5 Å². The molecule has 3 nitrogen and oxygen atoms in total. The molecule has 0 fully saturated rings. The van der Waals surface area contributed by atoms with Crippen molar-refractivity contribution in [2.24, 2.45) is 0 Å². The average molecular weight is 251 g/mol. The summed E-state index contributed by atoms with van der Waals surface area (Å²) in [6.07, 6.45) is 0. The number of fused-ring (bicyclic) bond motifs is 1. The van der Waals surface area contributed by atoms with Gasteiger partial charge in [-0.2, -0.15) is 0 Å². The Labute approximate surface area is 111 Å². The number of carbonyl (C=O) groups excluding carboxylic acids is 2. The van der Waals surface area contributed by atoms with Crippen LogP contribution in [-0.4, -0.2) is 11.7 Å². The lowest BCUT2D eigenvalue weighted by atomic mass is 10.1. The van der Waals surface area contributed by atoms with Crippen molar-refractivity contribution in [2.75, 3.05) is 4.90 Å². The number of hydrogen-bond acceptors (Lipinski definition) is 2. The molecule has 3 heteroatoms. The van der Waals surface area contributed by atoms with Crippen LogP contribution >= 0.6 is 0 Å². The van der Waals surface area contributed by atoms with Gasteiger partial charge in [-0.1, -0.05) is 29.3 Å². The molecule has 0 spiro atoms. The van der Waals surface area contributed by atoms with Crippen LogP contribution in [0.4, 0.5) is 11.4 Å². The molecule has 0 saturated carbocycles. The largest absolute Gasteiger partial charge is 0.304 e. The minimum absolute atomic E-state index is 0.431. The number of benzene rings is 2. The molecule has 94 valence electrons. The third-order valence-electron chi connectivity index (χ3n) is 3.33. The van der Waals surface area contributed by atoms with Crippen molar-refractivity contribution in [3.05, 3.63) is 59.2 Å². The van der Waals surface area contributed by atoms with E-state index in [0.29, 0.717) is 11.3 Å². The number of anilines is 2. The smallest absolute Gasteiger partial charge is 0.283 e. The fourth-order valence-electron chi connectivity index (χ4n) is 2.30. The van der Waals surface area contributed by atoms with Gasteiger partial charge in [0.1, 0.15) is 0 Å². The van der Waals surface area contributed by atoms with Crippen LogP contribution in [0.5, 0.6) is 0 Å². The van der Waals surface area contributed by atoms with Gasteiger partial charge in [-0.05, 0) is 38.1 Å². The molecule has 2 aromatic carbocycles. The van der Waals surface area contributed by atoms with Gasteiger partial charge in [0.2, 0.25) is 0 Å². The minimum atomic E-state index is -0.482. The van der Waals surface area contributed by atoms with E-state index in [9.17, 15) is 9.59 Å². The molecule has 0 aliphatic carbocycles. The summed E-state index contributed by atoms with van der Waals surface area (Å²) in [7, 11) is 0. The molecule has 0 bridgehead atoms. The van der Waals surface area contributed by atoms with Crippen molar-refractivity contribution in [3.63, 3.8) is 0 Å². The van der Waals surface area contributed by atoms with Crippen molar-refractivity contribution >= 4 is 23.1 Å². The van der Waals surface area contributed by atoms with Gasteiger partial charge in [-0.25, -0.2) is 0 Å². The van der Waals surface area contributed by atoms with E-state index in [1.54, 1.807) is 6.07 Å². The van der Waals surface area contributed by atoms with E-state index >= 15 is 0 Å². The van der Waals surface area contributed by atoms with E-state index in [-0.39, 0.29) is 0 Å². The number of Topliss-reactive ketones (excluding diaryl/α,β-unsaturated/α-hetero) is 1. The Hall–Kier alpha value is -2.42. The molecule has 0 unspecified atom stereocenters. The molecule has 1 aliphatic heterocycles. The van der Waals surface area contributed by atoms with Crippen molar-refractivity contribution in [3.8, 4) is 0 Å². The zero-order chi connectivity index (χ0) is 13.6. The lowest BCUT2D eigenvalue weighted by molar-refractivity contribution is -0.113.